The number of nitrogens with one attached hydrogen (secondary N) is 4. The van der Waals surface area contributed by atoms with Crippen molar-refractivity contribution >= 4 is 23.7 Å². The van der Waals surface area contributed by atoms with Crippen LogP contribution in [-0.4, -0.2) is 81.7 Å². The lowest BCUT2D eigenvalue weighted by Gasteiger charge is -2.43. The Morgan fingerprint density at radius 1 is 1.20 bits per heavy atom. The number of hydrogen-bond acceptors (Lipinski definition) is 9. The van der Waals surface area contributed by atoms with Gasteiger partial charge in [-0.25, -0.2) is 15.3 Å². The molecule has 0 bridgehead atoms. The van der Waals surface area contributed by atoms with Crippen molar-refractivity contribution in [1.82, 2.24) is 25.8 Å². The fourth-order valence-corrected chi connectivity index (χ4v) is 7.04. The van der Waals surface area contributed by atoms with E-state index in [2.05, 4.69) is 50.8 Å². The van der Waals surface area contributed by atoms with Crippen LogP contribution < -0.4 is 32.4 Å². The highest BCUT2D eigenvalue weighted by Gasteiger charge is 2.68. The second-order valence-corrected chi connectivity index (χ2v) is 12.1. The Morgan fingerprint density at radius 3 is 2.76 bits per heavy atom. The summed E-state index contributed by atoms with van der Waals surface area (Å²) in [5, 5.41) is 20.9. The molecule has 2 aromatic rings. The number of fused-ring (bicyclic) bond motifs is 1. The summed E-state index contributed by atoms with van der Waals surface area (Å²) in [4.78, 5) is 40.3. The number of carbonyl (C=O) groups excluding carboxylic acids is 2. The number of nitrogens with two attached hydrogens (primary N) is 2. The molecule has 1 aliphatic carbocycles. The van der Waals surface area contributed by atoms with Crippen molar-refractivity contribution in [3.8, 4) is 0 Å². The van der Waals surface area contributed by atoms with Gasteiger partial charge in [0, 0.05) is 24.3 Å². The van der Waals surface area contributed by atoms with E-state index in [0.29, 0.717) is 11.3 Å². The fraction of sp³-hybridized carbons (Fsp3) is 0.483. The Bertz CT molecular complexity index is 1470. The summed E-state index contributed by atoms with van der Waals surface area (Å²) in [6.45, 7) is 6.60. The van der Waals surface area contributed by atoms with E-state index in [-0.39, 0.29) is 42.2 Å². The number of amides is 2. The van der Waals surface area contributed by atoms with Gasteiger partial charge >= 0.3 is 5.96 Å². The van der Waals surface area contributed by atoms with Crippen LogP contribution in [0.1, 0.15) is 64.4 Å². The normalized spacial score (nSPS) is 29.3. The molecular formula is C29H38N9O3+. The highest BCUT2D eigenvalue weighted by atomic mass is 16.3. The van der Waals surface area contributed by atoms with Gasteiger partial charge in [-0.1, -0.05) is 32.0 Å². The van der Waals surface area contributed by atoms with E-state index in [1.807, 2.05) is 25.1 Å². The maximum absolute atomic E-state index is 13.6. The van der Waals surface area contributed by atoms with Crippen LogP contribution >= 0.6 is 0 Å². The summed E-state index contributed by atoms with van der Waals surface area (Å²) in [7, 11) is 0. The van der Waals surface area contributed by atoms with Gasteiger partial charge in [-0.2, -0.15) is 0 Å². The van der Waals surface area contributed by atoms with E-state index in [1.54, 1.807) is 17.0 Å². The third-order valence-electron chi connectivity index (χ3n) is 9.02. The van der Waals surface area contributed by atoms with Crippen molar-refractivity contribution in [1.29, 1.82) is 0 Å². The zero-order chi connectivity index (χ0) is 29.1. The minimum atomic E-state index is -1.16. The number of aliphatic hydroxyl groups excluding tert-OH is 1. The molecule has 0 saturated carbocycles. The number of rotatable bonds is 5. The number of pyridine rings is 1. The monoisotopic (exact) mass is 560 g/mol. The van der Waals surface area contributed by atoms with E-state index < -0.39 is 29.9 Å². The average Bonchev–Trinajstić information content (AvgIpc) is 3.43. The lowest BCUT2D eigenvalue weighted by molar-refractivity contribution is -0.513. The zero-order valence-corrected chi connectivity index (χ0v) is 23.6. The number of nitrogens with zero attached hydrogens (tertiary/aromatic N) is 3. The SMILES string of the molecule is Cc1cccc(C(=O)NC[C@@H]2N=C(N)N3CC(NC(=O)c4cccc5c4CCCC5(C)C)[C@@H](O)C34NC(N)=[NH+][C@@H]24)n1. The van der Waals surface area contributed by atoms with E-state index in [0.717, 1.165) is 30.5 Å². The molecule has 6 rings (SSSR count). The van der Waals surface area contributed by atoms with Crippen LogP contribution in [-0.2, 0) is 11.8 Å². The maximum Gasteiger partial charge on any atom is 0.343 e. The van der Waals surface area contributed by atoms with Crippen LogP contribution in [0.5, 0.6) is 0 Å². The molecule has 1 saturated heterocycles. The predicted octanol–water partition coefficient (Wildman–Crippen LogP) is -2.03. The third kappa shape index (κ3) is 4.37. The molecule has 0 radical (unpaired) electrons. The van der Waals surface area contributed by atoms with Crippen LogP contribution in [0.25, 0.3) is 0 Å². The number of guanidine groups is 2. The van der Waals surface area contributed by atoms with Crippen molar-refractivity contribution in [3.63, 3.8) is 0 Å². The number of carbonyl (C=O) groups is 2. The van der Waals surface area contributed by atoms with Gasteiger partial charge in [0.1, 0.15) is 17.8 Å². The molecule has 2 unspecified atom stereocenters. The topological polar surface area (TPSA) is 185 Å². The van der Waals surface area contributed by atoms with Gasteiger partial charge in [-0.3, -0.25) is 20.3 Å². The first-order chi connectivity index (χ1) is 19.5. The number of hydrogen-bond donors (Lipinski definition) is 7. The summed E-state index contributed by atoms with van der Waals surface area (Å²) in [5.74, 6) is -0.127. The minimum Gasteiger partial charge on any atom is -0.385 e. The van der Waals surface area contributed by atoms with Crippen LogP contribution in [0.15, 0.2) is 41.4 Å². The number of aromatic nitrogens is 1. The van der Waals surface area contributed by atoms with Gasteiger partial charge in [0.25, 0.3) is 11.8 Å². The fourth-order valence-electron chi connectivity index (χ4n) is 7.04. The Morgan fingerprint density at radius 2 is 1.98 bits per heavy atom. The first kappa shape index (κ1) is 27.0. The van der Waals surface area contributed by atoms with Crippen LogP contribution in [0.4, 0.5) is 0 Å². The van der Waals surface area contributed by atoms with E-state index >= 15 is 0 Å². The largest absolute Gasteiger partial charge is 0.385 e. The van der Waals surface area contributed by atoms with Crippen LogP contribution in [0.2, 0.25) is 0 Å². The standard InChI is InChI=1S/C29H37N9O3/c1-15-7-4-11-19(33-15)25(41)32-13-20-22-29(37-26(30)36-22)23(39)21(14-38(29)27(31)35-20)34-24(40)17-8-5-10-18-16(17)9-6-12-28(18,2)3/h4-5,7-8,10-11,20-23,39H,6,9,12-14H2,1-3H3,(H2,31,35)(H,32,41)(H,34,40)(H3,30,36,37)/p+1/t20-,21?,22-,23+,29?/m0/s1. The van der Waals surface area contributed by atoms with Gasteiger partial charge in [-0.15, -0.1) is 0 Å². The summed E-state index contributed by atoms with van der Waals surface area (Å²) >= 11 is 0. The molecule has 9 N–H and O–H groups in total. The quantitative estimate of drug-likeness (QED) is 0.218. The maximum atomic E-state index is 13.6. The molecule has 4 heterocycles. The van der Waals surface area contributed by atoms with Gasteiger partial charge in [0.2, 0.25) is 5.66 Å². The van der Waals surface area contributed by atoms with Crippen molar-refractivity contribution in [2.75, 3.05) is 13.1 Å². The van der Waals surface area contributed by atoms with Crippen molar-refractivity contribution in [2.24, 2.45) is 16.5 Å². The number of aliphatic hydroxyl groups is 1. The average molecular weight is 561 g/mol. The number of aliphatic imine (C=N–C) groups is 1. The van der Waals surface area contributed by atoms with Gasteiger partial charge in [0.05, 0.1) is 6.04 Å². The molecular weight excluding hydrogens is 522 g/mol. The molecule has 1 aromatic heterocycles. The zero-order valence-electron chi connectivity index (χ0n) is 23.6. The lowest BCUT2D eigenvalue weighted by Crippen LogP contribution is -2.88. The second-order valence-electron chi connectivity index (χ2n) is 12.1. The first-order valence-electron chi connectivity index (χ1n) is 14.1. The summed E-state index contributed by atoms with van der Waals surface area (Å²) in [6, 6.07) is 9.37. The molecule has 12 heteroatoms. The Kier molecular flexibility index (Phi) is 6.40. The molecule has 41 heavy (non-hydrogen) atoms. The summed E-state index contributed by atoms with van der Waals surface area (Å²) < 4.78 is 0. The minimum absolute atomic E-state index is 0.00111. The molecule has 2 amide bonds. The van der Waals surface area contributed by atoms with E-state index in [1.165, 1.54) is 5.56 Å². The van der Waals surface area contributed by atoms with E-state index in [9.17, 15) is 14.7 Å². The second kappa shape index (κ2) is 9.72. The van der Waals surface area contributed by atoms with E-state index in [4.69, 9.17) is 11.5 Å². The van der Waals surface area contributed by atoms with Gasteiger partial charge in [0.15, 0.2) is 12.0 Å². The highest BCUT2D eigenvalue weighted by Crippen LogP contribution is 2.39. The van der Waals surface area contributed by atoms with Crippen molar-refractivity contribution in [2.45, 2.75) is 75.3 Å². The molecule has 1 aromatic carbocycles. The van der Waals surface area contributed by atoms with Gasteiger partial charge < -0.3 is 26.4 Å². The number of aryl methyl sites for hydroxylation is 1. The Balaban J connectivity index is 1.23. The predicted molar refractivity (Wildman–Crippen MR) is 153 cm³/mol. The lowest BCUT2D eigenvalue weighted by atomic mass is 9.71. The van der Waals surface area contributed by atoms with Crippen LogP contribution in [0.3, 0.4) is 0 Å². The Labute approximate surface area is 238 Å². The van der Waals surface area contributed by atoms with Gasteiger partial charge in [-0.05, 0) is 60.9 Å². The van der Waals surface area contributed by atoms with Crippen molar-refractivity contribution in [3.05, 3.63) is 64.5 Å². The molecule has 216 valence electrons. The Hall–Kier alpha value is -4.19. The molecule has 1 spiro atoms. The molecule has 3 aliphatic heterocycles. The van der Waals surface area contributed by atoms with Crippen LogP contribution in [0, 0.1) is 6.92 Å². The molecule has 1 fully saturated rings. The third-order valence-corrected chi connectivity index (χ3v) is 9.02. The number of benzene rings is 1. The smallest absolute Gasteiger partial charge is 0.343 e. The summed E-state index contributed by atoms with van der Waals surface area (Å²) in [6.07, 6.45) is 1.84. The molecule has 12 nitrogen and oxygen atoms in total. The first-order valence-corrected chi connectivity index (χ1v) is 14.1. The molecule has 4 aliphatic rings. The van der Waals surface area contributed by atoms with Crippen molar-refractivity contribution < 1.29 is 19.7 Å². The molecule has 5 atom stereocenters. The highest BCUT2D eigenvalue weighted by molar-refractivity contribution is 5.97. The summed E-state index contributed by atoms with van der Waals surface area (Å²) in [5.41, 5.74) is 15.4.